The highest BCUT2D eigenvalue weighted by atomic mass is 16.1. The van der Waals surface area contributed by atoms with E-state index in [9.17, 15) is 4.79 Å². The molecule has 0 aliphatic carbocycles. The van der Waals surface area contributed by atoms with E-state index >= 15 is 0 Å². The lowest BCUT2D eigenvalue weighted by molar-refractivity contribution is -0.104. The third kappa shape index (κ3) is 2.86. The summed E-state index contributed by atoms with van der Waals surface area (Å²) in [6.07, 6.45) is 2.86. The lowest BCUT2D eigenvalue weighted by Gasteiger charge is -2.06. The van der Waals surface area contributed by atoms with Crippen molar-refractivity contribution in [2.24, 2.45) is 0 Å². The van der Waals surface area contributed by atoms with Gasteiger partial charge in [0.25, 0.3) is 0 Å². The van der Waals surface area contributed by atoms with Crippen LogP contribution in [0.2, 0.25) is 0 Å². The smallest absolute Gasteiger partial charge is 0.145 e. The summed E-state index contributed by atoms with van der Waals surface area (Å²) < 4.78 is 0. The molecule has 13 heavy (non-hydrogen) atoms. The standard InChI is InChI=1S/C12H14O/c1-10(9-13)8-11(2)12-6-4-3-5-7-12/h3-9,11H,1-2H3/t11-/m0/s1. The molecule has 68 valence electrons. The number of carbonyl (C=O) groups excluding carboxylic acids is 1. The average Bonchev–Trinajstić information content (AvgIpc) is 2.19. The first-order valence-electron chi connectivity index (χ1n) is 4.42. The first kappa shape index (κ1) is 9.72. The molecule has 1 aromatic carbocycles. The molecule has 0 bridgehead atoms. The minimum atomic E-state index is 0.311. The molecule has 1 nitrogen and oxygen atoms in total. The monoisotopic (exact) mass is 174 g/mol. The molecule has 1 aromatic rings. The van der Waals surface area contributed by atoms with Crippen LogP contribution in [0, 0.1) is 0 Å². The van der Waals surface area contributed by atoms with Crippen molar-refractivity contribution in [3.63, 3.8) is 0 Å². The van der Waals surface area contributed by atoms with Crippen LogP contribution >= 0.6 is 0 Å². The Morgan fingerprint density at radius 2 is 1.92 bits per heavy atom. The highest BCUT2D eigenvalue weighted by Gasteiger charge is 2.00. The van der Waals surface area contributed by atoms with Gasteiger partial charge >= 0.3 is 0 Å². The van der Waals surface area contributed by atoms with Crippen molar-refractivity contribution in [3.8, 4) is 0 Å². The Kier molecular flexibility index (Phi) is 3.44. The Balaban J connectivity index is 2.80. The number of allylic oxidation sites excluding steroid dienone is 2. The van der Waals surface area contributed by atoms with E-state index in [0.29, 0.717) is 5.92 Å². The lowest BCUT2D eigenvalue weighted by Crippen LogP contribution is -1.90. The third-order valence-electron chi connectivity index (χ3n) is 2.02. The van der Waals surface area contributed by atoms with Crippen molar-refractivity contribution in [2.75, 3.05) is 0 Å². The molecule has 0 aliphatic rings. The van der Waals surface area contributed by atoms with Crippen LogP contribution in [0.5, 0.6) is 0 Å². The number of hydrogen-bond donors (Lipinski definition) is 0. The molecule has 0 fully saturated rings. The van der Waals surface area contributed by atoms with Gasteiger partial charge < -0.3 is 0 Å². The van der Waals surface area contributed by atoms with E-state index in [2.05, 4.69) is 19.1 Å². The Bertz CT molecular complexity index is 298. The van der Waals surface area contributed by atoms with Gasteiger partial charge in [0.2, 0.25) is 0 Å². The maximum Gasteiger partial charge on any atom is 0.145 e. The zero-order valence-electron chi connectivity index (χ0n) is 8.03. The number of rotatable bonds is 3. The van der Waals surface area contributed by atoms with Gasteiger partial charge in [-0.25, -0.2) is 0 Å². The Morgan fingerprint density at radius 3 is 2.46 bits per heavy atom. The summed E-state index contributed by atoms with van der Waals surface area (Å²) in [5.74, 6) is 0.311. The summed E-state index contributed by atoms with van der Waals surface area (Å²) in [7, 11) is 0. The zero-order chi connectivity index (χ0) is 9.68. The van der Waals surface area contributed by atoms with E-state index < -0.39 is 0 Å². The zero-order valence-corrected chi connectivity index (χ0v) is 8.03. The fraction of sp³-hybridized carbons (Fsp3) is 0.250. The number of aldehydes is 1. The second-order valence-corrected chi connectivity index (χ2v) is 3.23. The predicted octanol–water partition coefficient (Wildman–Crippen LogP) is 2.94. The van der Waals surface area contributed by atoms with Crippen molar-refractivity contribution in [2.45, 2.75) is 19.8 Å². The lowest BCUT2D eigenvalue weighted by atomic mass is 9.99. The topological polar surface area (TPSA) is 17.1 Å². The molecule has 0 aliphatic heterocycles. The van der Waals surface area contributed by atoms with Crippen LogP contribution in [0.4, 0.5) is 0 Å². The minimum Gasteiger partial charge on any atom is -0.298 e. The first-order valence-corrected chi connectivity index (χ1v) is 4.42. The molecule has 0 saturated carbocycles. The van der Waals surface area contributed by atoms with Gasteiger partial charge in [0.15, 0.2) is 0 Å². The molecular weight excluding hydrogens is 160 g/mol. The van der Waals surface area contributed by atoms with Crippen LogP contribution in [0.3, 0.4) is 0 Å². The third-order valence-corrected chi connectivity index (χ3v) is 2.02. The van der Waals surface area contributed by atoms with Gasteiger partial charge in [0.1, 0.15) is 6.29 Å². The second-order valence-electron chi connectivity index (χ2n) is 3.23. The van der Waals surface area contributed by atoms with E-state index in [1.54, 1.807) is 0 Å². The maximum absolute atomic E-state index is 10.4. The second kappa shape index (κ2) is 4.61. The molecule has 0 aromatic heterocycles. The fourth-order valence-corrected chi connectivity index (χ4v) is 1.29. The average molecular weight is 174 g/mol. The highest BCUT2D eigenvalue weighted by molar-refractivity contribution is 5.72. The normalized spacial score (nSPS) is 13.8. The first-order chi connectivity index (χ1) is 6.24. The maximum atomic E-state index is 10.4. The predicted molar refractivity (Wildman–Crippen MR) is 54.7 cm³/mol. The van der Waals surface area contributed by atoms with Crippen molar-refractivity contribution >= 4 is 6.29 Å². The Hall–Kier alpha value is -1.37. The highest BCUT2D eigenvalue weighted by Crippen LogP contribution is 2.16. The molecular formula is C12H14O. The molecule has 1 rings (SSSR count). The van der Waals surface area contributed by atoms with Crippen molar-refractivity contribution in [1.29, 1.82) is 0 Å². The van der Waals surface area contributed by atoms with E-state index in [0.717, 1.165) is 11.9 Å². The Labute approximate surface area is 79.1 Å². The van der Waals surface area contributed by atoms with Gasteiger partial charge in [-0.1, -0.05) is 43.3 Å². The summed E-state index contributed by atoms with van der Waals surface area (Å²) in [6, 6.07) is 10.1. The van der Waals surface area contributed by atoms with E-state index in [4.69, 9.17) is 0 Å². The summed E-state index contributed by atoms with van der Waals surface area (Å²) in [5, 5.41) is 0. The largest absolute Gasteiger partial charge is 0.298 e. The van der Waals surface area contributed by atoms with Crippen LogP contribution in [-0.4, -0.2) is 6.29 Å². The molecule has 0 spiro atoms. The summed E-state index contributed by atoms with van der Waals surface area (Å²) in [4.78, 5) is 10.4. The molecule has 0 N–H and O–H groups in total. The van der Waals surface area contributed by atoms with Gasteiger partial charge in [-0.05, 0) is 24.0 Å². The van der Waals surface area contributed by atoms with Crippen molar-refractivity contribution < 1.29 is 4.79 Å². The van der Waals surface area contributed by atoms with Gasteiger partial charge in [-0.15, -0.1) is 0 Å². The number of benzene rings is 1. The molecule has 0 saturated heterocycles. The van der Waals surface area contributed by atoms with Gasteiger partial charge in [-0.3, -0.25) is 4.79 Å². The summed E-state index contributed by atoms with van der Waals surface area (Å²) >= 11 is 0. The molecule has 0 radical (unpaired) electrons. The van der Waals surface area contributed by atoms with Gasteiger partial charge in [-0.2, -0.15) is 0 Å². The molecule has 1 atom stereocenters. The fourth-order valence-electron chi connectivity index (χ4n) is 1.29. The van der Waals surface area contributed by atoms with Crippen LogP contribution < -0.4 is 0 Å². The number of carbonyl (C=O) groups is 1. The number of hydrogen-bond acceptors (Lipinski definition) is 1. The van der Waals surface area contributed by atoms with E-state index in [1.165, 1.54) is 5.56 Å². The van der Waals surface area contributed by atoms with Crippen LogP contribution in [0.1, 0.15) is 25.3 Å². The van der Waals surface area contributed by atoms with Crippen LogP contribution in [0.25, 0.3) is 0 Å². The molecule has 0 unspecified atom stereocenters. The van der Waals surface area contributed by atoms with Gasteiger partial charge in [0.05, 0.1) is 0 Å². The van der Waals surface area contributed by atoms with Crippen LogP contribution in [-0.2, 0) is 4.79 Å². The Morgan fingerprint density at radius 1 is 1.31 bits per heavy atom. The van der Waals surface area contributed by atoms with Crippen molar-refractivity contribution in [1.82, 2.24) is 0 Å². The molecule has 0 amide bonds. The van der Waals surface area contributed by atoms with Crippen molar-refractivity contribution in [3.05, 3.63) is 47.5 Å². The summed E-state index contributed by atoms with van der Waals surface area (Å²) in [5.41, 5.74) is 2.03. The van der Waals surface area contributed by atoms with E-state index in [1.807, 2.05) is 31.2 Å². The minimum absolute atomic E-state index is 0.311. The SMILES string of the molecule is CC(C=O)=C[C@H](C)c1ccccc1. The molecule has 1 heteroatoms. The van der Waals surface area contributed by atoms with Crippen LogP contribution in [0.15, 0.2) is 42.0 Å². The quantitative estimate of drug-likeness (QED) is 0.508. The molecule has 0 heterocycles. The van der Waals surface area contributed by atoms with Gasteiger partial charge in [0, 0.05) is 0 Å². The van der Waals surface area contributed by atoms with E-state index in [-0.39, 0.29) is 0 Å². The summed E-state index contributed by atoms with van der Waals surface area (Å²) in [6.45, 7) is 3.91.